The lowest BCUT2D eigenvalue weighted by Crippen LogP contribution is -2.41. The molecule has 0 bridgehead atoms. The molecule has 8 nitrogen and oxygen atoms in total. The number of rotatable bonds is 7. The van der Waals surface area contributed by atoms with E-state index >= 15 is 0 Å². The summed E-state index contributed by atoms with van der Waals surface area (Å²) < 4.78 is 4.91. The van der Waals surface area contributed by atoms with E-state index in [9.17, 15) is 19.2 Å². The Hall–Kier alpha value is -3.91. The third-order valence-electron chi connectivity index (χ3n) is 4.41. The standard InChI is InChI=1S/C23H20ClN3O5/c24-17-10-8-16(9-11-17)23(31)27-26-20(28)12-13-22(30)32-14-21(29)25-19-7-3-5-15-4-1-2-6-18(15)19/h1-11H,12-14H2,(H,25,29)(H,26,28)(H,27,31). The van der Waals surface area contributed by atoms with Gasteiger partial charge in [-0.15, -0.1) is 0 Å². The van der Waals surface area contributed by atoms with Crippen molar-refractivity contribution in [1.29, 1.82) is 0 Å². The molecular formula is C23H20ClN3O5. The molecule has 0 unspecified atom stereocenters. The van der Waals surface area contributed by atoms with Crippen LogP contribution in [0.1, 0.15) is 23.2 Å². The number of nitrogens with one attached hydrogen (secondary N) is 3. The molecule has 3 amide bonds. The highest BCUT2D eigenvalue weighted by molar-refractivity contribution is 6.30. The monoisotopic (exact) mass is 453 g/mol. The number of fused-ring (bicyclic) bond motifs is 1. The van der Waals surface area contributed by atoms with Gasteiger partial charge in [0, 0.05) is 28.1 Å². The SMILES string of the molecule is O=C(CCC(=O)OCC(=O)Nc1cccc2ccccc12)NNC(=O)c1ccc(Cl)cc1. The number of hydrogen-bond acceptors (Lipinski definition) is 5. The predicted molar refractivity (Wildman–Crippen MR) is 120 cm³/mol. The minimum atomic E-state index is -0.711. The van der Waals surface area contributed by atoms with Crippen LogP contribution in [0.4, 0.5) is 5.69 Å². The highest BCUT2D eigenvalue weighted by Gasteiger charge is 2.12. The molecule has 0 aliphatic rings. The van der Waals surface area contributed by atoms with Gasteiger partial charge in [0.25, 0.3) is 11.8 Å². The topological polar surface area (TPSA) is 114 Å². The second-order valence-corrected chi connectivity index (χ2v) is 7.18. The zero-order valence-corrected chi connectivity index (χ0v) is 17.6. The normalized spacial score (nSPS) is 10.3. The van der Waals surface area contributed by atoms with Crippen LogP contribution in [-0.2, 0) is 19.1 Å². The zero-order chi connectivity index (χ0) is 22.9. The number of carbonyl (C=O) groups is 4. The fourth-order valence-corrected chi connectivity index (χ4v) is 2.94. The van der Waals surface area contributed by atoms with Crippen molar-refractivity contribution in [1.82, 2.24) is 10.9 Å². The molecular weight excluding hydrogens is 434 g/mol. The van der Waals surface area contributed by atoms with Crippen molar-refractivity contribution in [3.05, 3.63) is 77.3 Å². The number of hydrazine groups is 1. The van der Waals surface area contributed by atoms with E-state index in [4.69, 9.17) is 16.3 Å². The molecule has 3 N–H and O–H groups in total. The fraction of sp³-hybridized carbons (Fsp3) is 0.130. The molecule has 9 heteroatoms. The summed E-state index contributed by atoms with van der Waals surface area (Å²) in [7, 11) is 0. The Morgan fingerprint density at radius 3 is 2.28 bits per heavy atom. The van der Waals surface area contributed by atoms with E-state index in [1.807, 2.05) is 36.4 Å². The molecule has 0 aliphatic carbocycles. The summed E-state index contributed by atoms with van der Waals surface area (Å²) in [6, 6.07) is 19.2. The second kappa shape index (κ2) is 10.9. The van der Waals surface area contributed by atoms with Gasteiger partial charge in [-0.3, -0.25) is 30.0 Å². The minimum Gasteiger partial charge on any atom is -0.456 e. The lowest BCUT2D eigenvalue weighted by molar-refractivity contribution is -0.148. The molecule has 0 aromatic heterocycles. The van der Waals surface area contributed by atoms with Crippen LogP contribution in [0, 0.1) is 0 Å². The van der Waals surface area contributed by atoms with Gasteiger partial charge >= 0.3 is 5.97 Å². The Kier molecular flexibility index (Phi) is 7.77. The third kappa shape index (κ3) is 6.55. The van der Waals surface area contributed by atoms with Gasteiger partial charge in [-0.1, -0.05) is 48.0 Å². The van der Waals surface area contributed by atoms with E-state index in [1.165, 1.54) is 12.1 Å². The summed E-state index contributed by atoms with van der Waals surface area (Å²) in [5.41, 5.74) is 5.37. The number of halogens is 1. The van der Waals surface area contributed by atoms with Gasteiger partial charge in [-0.05, 0) is 35.7 Å². The Bertz CT molecular complexity index is 1140. The van der Waals surface area contributed by atoms with Crippen LogP contribution in [0.15, 0.2) is 66.7 Å². The van der Waals surface area contributed by atoms with Crippen LogP contribution >= 0.6 is 11.6 Å². The first kappa shape index (κ1) is 22.8. The first-order valence-corrected chi connectivity index (χ1v) is 10.1. The molecule has 0 aliphatic heterocycles. The molecule has 0 radical (unpaired) electrons. The number of amides is 3. The lowest BCUT2D eigenvalue weighted by atomic mass is 10.1. The molecule has 32 heavy (non-hydrogen) atoms. The molecule has 0 heterocycles. The summed E-state index contributed by atoms with van der Waals surface area (Å²) in [6.07, 6.45) is -0.463. The summed E-state index contributed by atoms with van der Waals surface area (Å²) in [4.78, 5) is 47.6. The molecule has 3 rings (SSSR count). The second-order valence-electron chi connectivity index (χ2n) is 6.74. The first-order valence-electron chi connectivity index (χ1n) is 9.70. The lowest BCUT2D eigenvalue weighted by Gasteiger charge is -2.10. The zero-order valence-electron chi connectivity index (χ0n) is 16.9. The van der Waals surface area contributed by atoms with Crippen molar-refractivity contribution in [2.45, 2.75) is 12.8 Å². The highest BCUT2D eigenvalue weighted by Crippen LogP contribution is 2.22. The molecule has 3 aromatic rings. The third-order valence-corrected chi connectivity index (χ3v) is 4.66. The van der Waals surface area contributed by atoms with Gasteiger partial charge in [0.1, 0.15) is 0 Å². The van der Waals surface area contributed by atoms with Crippen LogP contribution in [0.25, 0.3) is 10.8 Å². The average Bonchev–Trinajstić information content (AvgIpc) is 2.80. The number of ether oxygens (including phenoxy) is 1. The van der Waals surface area contributed by atoms with Crippen molar-refractivity contribution in [2.24, 2.45) is 0 Å². The summed E-state index contributed by atoms with van der Waals surface area (Å²) in [5, 5.41) is 5.02. The van der Waals surface area contributed by atoms with Crippen LogP contribution in [0.3, 0.4) is 0 Å². The predicted octanol–water partition coefficient (Wildman–Crippen LogP) is 3.22. The maximum atomic E-state index is 12.1. The number of esters is 1. The van der Waals surface area contributed by atoms with Gasteiger partial charge in [0.2, 0.25) is 5.91 Å². The largest absolute Gasteiger partial charge is 0.456 e. The number of hydrogen-bond donors (Lipinski definition) is 3. The molecule has 0 saturated carbocycles. The quantitative estimate of drug-likeness (QED) is 0.375. The molecule has 3 aromatic carbocycles. The van der Waals surface area contributed by atoms with Gasteiger partial charge < -0.3 is 10.1 Å². The summed E-state index contributed by atoms with van der Waals surface area (Å²) >= 11 is 5.75. The van der Waals surface area contributed by atoms with Crippen molar-refractivity contribution < 1.29 is 23.9 Å². The van der Waals surface area contributed by atoms with E-state index in [-0.39, 0.29) is 12.8 Å². The van der Waals surface area contributed by atoms with E-state index in [2.05, 4.69) is 16.2 Å². The molecule has 164 valence electrons. The van der Waals surface area contributed by atoms with Gasteiger partial charge in [0.05, 0.1) is 6.42 Å². The fourth-order valence-electron chi connectivity index (χ4n) is 2.82. The van der Waals surface area contributed by atoms with E-state index in [0.717, 1.165) is 10.8 Å². The Balaban J connectivity index is 1.37. The Labute approximate surface area is 188 Å². The smallest absolute Gasteiger partial charge is 0.306 e. The highest BCUT2D eigenvalue weighted by atomic mass is 35.5. The van der Waals surface area contributed by atoms with E-state index in [0.29, 0.717) is 16.3 Å². The Morgan fingerprint density at radius 2 is 1.50 bits per heavy atom. The number of anilines is 1. The van der Waals surface area contributed by atoms with Crippen LogP contribution in [0.5, 0.6) is 0 Å². The van der Waals surface area contributed by atoms with Crippen LogP contribution in [-0.4, -0.2) is 30.3 Å². The molecule has 0 saturated heterocycles. The van der Waals surface area contributed by atoms with Crippen molar-refractivity contribution >= 4 is 51.8 Å². The van der Waals surface area contributed by atoms with E-state index < -0.39 is 30.3 Å². The number of benzene rings is 3. The van der Waals surface area contributed by atoms with Crippen LogP contribution < -0.4 is 16.2 Å². The number of carbonyl (C=O) groups excluding carboxylic acids is 4. The summed E-state index contributed by atoms with van der Waals surface area (Å²) in [5.74, 6) is -2.31. The summed E-state index contributed by atoms with van der Waals surface area (Å²) in [6.45, 7) is -0.475. The molecule has 0 atom stereocenters. The van der Waals surface area contributed by atoms with Crippen molar-refractivity contribution in [2.75, 3.05) is 11.9 Å². The minimum absolute atomic E-state index is 0.218. The molecule has 0 spiro atoms. The van der Waals surface area contributed by atoms with E-state index in [1.54, 1.807) is 18.2 Å². The maximum absolute atomic E-state index is 12.1. The van der Waals surface area contributed by atoms with Crippen molar-refractivity contribution in [3.63, 3.8) is 0 Å². The van der Waals surface area contributed by atoms with Gasteiger partial charge in [0.15, 0.2) is 6.61 Å². The van der Waals surface area contributed by atoms with Gasteiger partial charge in [-0.2, -0.15) is 0 Å². The van der Waals surface area contributed by atoms with Gasteiger partial charge in [-0.25, -0.2) is 0 Å². The first-order chi connectivity index (χ1) is 15.4. The van der Waals surface area contributed by atoms with Crippen LogP contribution in [0.2, 0.25) is 5.02 Å². The van der Waals surface area contributed by atoms with Crippen molar-refractivity contribution in [3.8, 4) is 0 Å². The average molecular weight is 454 g/mol. The molecule has 0 fully saturated rings. The Morgan fingerprint density at radius 1 is 0.781 bits per heavy atom. The maximum Gasteiger partial charge on any atom is 0.306 e.